The number of aromatic nitrogens is 3. The Bertz CT molecular complexity index is 375. The van der Waals surface area contributed by atoms with E-state index in [4.69, 9.17) is 9.47 Å². The van der Waals surface area contributed by atoms with Gasteiger partial charge in [-0.15, -0.1) is 0 Å². The minimum absolute atomic E-state index is 0.0827. The fourth-order valence-corrected chi connectivity index (χ4v) is 1.26. The number of nitrogens with one attached hydrogen (secondary N) is 2. The van der Waals surface area contributed by atoms with Crippen molar-refractivity contribution in [1.29, 1.82) is 0 Å². The molecule has 0 saturated heterocycles. The van der Waals surface area contributed by atoms with E-state index in [1.807, 2.05) is 13.8 Å². The maximum Gasteiger partial charge on any atom is 0.323 e. The Morgan fingerprint density at radius 3 is 2.37 bits per heavy atom. The molecule has 0 bridgehead atoms. The first kappa shape index (κ1) is 15.4. The van der Waals surface area contributed by atoms with E-state index >= 15 is 0 Å². The second-order valence-electron chi connectivity index (χ2n) is 4.05. The smallest absolute Gasteiger partial charge is 0.323 e. The minimum atomic E-state index is 0.0827. The summed E-state index contributed by atoms with van der Waals surface area (Å²) in [4.78, 5) is 12.6. The second-order valence-corrected chi connectivity index (χ2v) is 4.05. The number of anilines is 2. The molecule has 1 rings (SSSR count). The Hall–Kier alpha value is -1.63. The summed E-state index contributed by atoms with van der Waals surface area (Å²) in [6.07, 6.45) is 1.08. The highest BCUT2D eigenvalue weighted by Gasteiger charge is 2.08. The van der Waals surface area contributed by atoms with E-state index in [1.54, 1.807) is 7.11 Å². The number of hydrogen-bond acceptors (Lipinski definition) is 7. The van der Waals surface area contributed by atoms with Crippen molar-refractivity contribution in [3.05, 3.63) is 0 Å². The van der Waals surface area contributed by atoms with Crippen LogP contribution < -0.4 is 15.4 Å². The fraction of sp³-hybridized carbons (Fsp3) is 0.750. The monoisotopic (exact) mass is 269 g/mol. The molecule has 1 heterocycles. The van der Waals surface area contributed by atoms with Gasteiger partial charge in [0.1, 0.15) is 0 Å². The zero-order valence-corrected chi connectivity index (χ0v) is 12.1. The van der Waals surface area contributed by atoms with Gasteiger partial charge in [-0.2, -0.15) is 15.0 Å². The zero-order chi connectivity index (χ0) is 14.1. The summed E-state index contributed by atoms with van der Waals surface area (Å²) in [5.41, 5.74) is 0. The van der Waals surface area contributed by atoms with Crippen LogP contribution in [-0.2, 0) is 4.74 Å². The lowest BCUT2D eigenvalue weighted by Gasteiger charge is -2.12. The second kappa shape index (κ2) is 8.47. The van der Waals surface area contributed by atoms with E-state index in [0.29, 0.717) is 31.1 Å². The highest BCUT2D eigenvalue weighted by atomic mass is 16.5. The summed E-state index contributed by atoms with van der Waals surface area (Å²) in [5.74, 6) is 1.01. The third kappa shape index (κ3) is 5.69. The van der Waals surface area contributed by atoms with Crippen molar-refractivity contribution in [1.82, 2.24) is 15.0 Å². The molecule has 7 nitrogen and oxygen atoms in total. The molecule has 1 unspecified atom stereocenters. The van der Waals surface area contributed by atoms with E-state index < -0.39 is 0 Å². The number of ether oxygens (including phenoxy) is 2. The predicted octanol–water partition coefficient (Wildman–Crippen LogP) is 1.54. The molecule has 7 heteroatoms. The Balaban J connectivity index is 2.73. The molecule has 0 saturated carbocycles. The van der Waals surface area contributed by atoms with Crippen LogP contribution in [0, 0.1) is 0 Å². The van der Waals surface area contributed by atoms with E-state index in [-0.39, 0.29) is 6.10 Å². The Morgan fingerprint density at radius 2 is 1.79 bits per heavy atom. The van der Waals surface area contributed by atoms with Gasteiger partial charge >= 0.3 is 6.01 Å². The molecule has 1 aromatic rings. The molecule has 0 fully saturated rings. The lowest BCUT2D eigenvalue weighted by molar-refractivity contribution is 0.128. The Morgan fingerprint density at radius 1 is 1.11 bits per heavy atom. The first-order valence-corrected chi connectivity index (χ1v) is 6.59. The normalized spacial score (nSPS) is 12.0. The first-order valence-electron chi connectivity index (χ1n) is 6.59. The van der Waals surface area contributed by atoms with E-state index in [9.17, 15) is 0 Å². The van der Waals surface area contributed by atoms with Crippen LogP contribution in [0.25, 0.3) is 0 Å². The first-order chi connectivity index (χ1) is 9.19. The molecule has 0 aliphatic carbocycles. The van der Waals surface area contributed by atoms with Crippen LogP contribution in [-0.4, -0.2) is 47.9 Å². The van der Waals surface area contributed by atoms with Crippen LogP contribution in [0.3, 0.4) is 0 Å². The van der Waals surface area contributed by atoms with Gasteiger partial charge in [0, 0.05) is 20.2 Å². The summed E-state index contributed by atoms with van der Waals surface area (Å²) < 4.78 is 10.5. The fourth-order valence-electron chi connectivity index (χ4n) is 1.26. The van der Waals surface area contributed by atoms with Gasteiger partial charge in [0.05, 0.1) is 12.7 Å². The van der Waals surface area contributed by atoms with Gasteiger partial charge in [-0.25, -0.2) is 0 Å². The maximum absolute atomic E-state index is 5.33. The van der Waals surface area contributed by atoms with Gasteiger partial charge in [0.2, 0.25) is 11.9 Å². The molecule has 0 aliphatic rings. The maximum atomic E-state index is 5.33. The molecule has 0 amide bonds. The van der Waals surface area contributed by atoms with Crippen molar-refractivity contribution in [2.45, 2.75) is 33.3 Å². The Labute approximate surface area is 114 Å². The molecule has 1 atom stereocenters. The Kier molecular flexibility index (Phi) is 6.88. The number of methoxy groups -OCH3 is 1. The number of hydrogen-bond donors (Lipinski definition) is 2. The lowest BCUT2D eigenvalue weighted by atomic mass is 10.4. The predicted molar refractivity (Wildman–Crippen MR) is 74.7 cm³/mol. The SMILES string of the molecule is CCCNc1nc(NCC(C)OC)nc(OCC)n1. The minimum Gasteiger partial charge on any atom is -0.464 e. The van der Waals surface area contributed by atoms with Crippen LogP contribution in [0.4, 0.5) is 11.9 Å². The van der Waals surface area contributed by atoms with Gasteiger partial charge in [-0.1, -0.05) is 6.92 Å². The van der Waals surface area contributed by atoms with Crippen LogP contribution in [0.1, 0.15) is 27.2 Å². The zero-order valence-electron chi connectivity index (χ0n) is 12.1. The van der Waals surface area contributed by atoms with E-state index in [0.717, 1.165) is 13.0 Å². The quantitative estimate of drug-likeness (QED) is 0.703. The van der Waals surface area contributed by atoms with Crippen molar-refractivity contribution >= 4 is 11.9 Å². The van der Waals surface area contributed by atoms with Crippen LogP contribution in [0.2, 0.25) is 0 Å². The lowest BCUT2D eigenvalue weighted by Crippen LogP contribution is -2.20. The molecule has 1 aromatic heterocycles. The topological polar surface area (TPSA) is 81.2 Å². The molecule has 0 radical (unpaired) electrons. The van der Waals surface area contributed by atoms with Gasteiger partial charge in [-0.05, 0) is 20.3 Å². The average molecular weight is 269 g/mol. The van der Waals surface area contributed by atoms with E-state index in [2.05, 4.69) is 32.5 Å². The summed E-state index contributed by atoms with van der Waals surface area (Å²) in [7, 11) is 1.67. The van der Waals surface area contributed by atoms with Crippen LogP contribution >= 0.6 is 0 Å². The van der Waals surface area contributed by atoms with Crippen LogP contribution in [0.15, 0.2) is 0 Å². The molecule has 108 valence electrons. The molecule has 0 spiro atoms. The molecular formula is C12H23N5O2. The summed E-state index contributed by atoms with van der Waals surface area (Å²) in [6, 6.07) is 0.323. The van der Waals surface area contributed by atoms with Gasteiger partial charge in [0.25, 0.3) is 0 Å². The van der Waals surface area contributed by atoms with Crippen molar-refractivity contribution < 1.29 is 9.47 Å². The largest absolute Gasteiger partial charge is 0.464 e. The third-order valence-corrected chi connectivity index (χ3v) is 2.37. The highest BCUT2D eigenvalue weighted by molar-refractivity contribution is 5.35. The van der Waals surface area contributed by atoms with Gasteiger partial charge < -0.3 is 20.1 Å². The number of rotatable bonds is 9. The molecular weight excluding hydrogens is 246 g/mol. The molecule has 19 heavy (non-hydrogen) atoms. The third-order valence-electron chi connectivity index (χ3n) is 2.37. The van der Waals surface area contributed by atoms with Crippen molar-refractivity contribution in [2.75, 3.05) is 37.4 Å². The summed E-state index contributed by atoms with van der Waals surface area (Å²) in [6.45, 7) is 7.89. The van der Waals surface area contributed by atoms with Crippen LogP contribution in [0.5, 0.6) is 6.01 Å². The average Bonchev–Trinajstić information content (AvgIpc) is 2.42. The van der Waals surface area contributed by atoms with Crippen molar-refractivity contribution in [3.63, 3.8) is 0 Å². The summed E-state index contributed by atoms with van der Waals surface area (Å²) in [5, 5.41) is 6.23. The van der Waals surface area contributed by atoms with Crippen molar-refractivity contribution in [3.8, 4) is 6.01 Å². The standard InChI is InChI=1S/C12H23N5O2/c1-5-7-13-10-15-11(14-8-9(3)18-4)17-12(16-10)19-6-2/h9H,5-8H2,1-4H3,(H2,13,14,15,16,17). The van der Waals surface area contributed by atoms with Gasteiger partial charge in [0.15, 0.2) is 0 Å². The molecule has 2 N–H and O–H groups in total. The molecule has 0 aromatic carbocycles. The van der Waals surface area contributed by atoms with Crippen molar-refractivity contribution in [2.24, 2.45) is 0 Å². The van der Waals surface area contributed by atoms with Gasteiger partial charge in [-0.3, -0.25) is 0 Å². The highest BCUT2D eigenvalue weighted by Crippen LogP contribution is 2.11. The summed E-state index contributed by atoms with van der Waals surface area (Å²) >= 11 is 0. The van der Waals surface area contributed by atoms with E-state index in [1.165, 1.54) is 0 Å². The number of nitrogens with zero attached hydrogens (tertiary/aromatic N) is 3. The molecule has 0 aliphatic heterocycles.